The van der Waals surface area contributed by atoms with Gasteiger partial charge >= 0.3 is 5.97 Å². The first kappa shape index (κ1) is 19.2. The van der Waals surface area contributed by atoms with Crippen LogP contribution in [0.3, 0.4) is 0 Å². The number of ketones is 1. The molecule has 0 aliphatic carbocycles. The van der Waals surface area contributed by atoms with E-state index in [-0.39, 0.29) is 18.9 Å². The van der Waals surface area contributed by atoms with Crippen molar-refractivity contribution in [2.45, 2.75) is 50.9 Å². The Hall–Kier alpha value is -1.80. The van der Waals surface area contributed by atoms with Gasteiger partial charge in [-0.15, -0.1) is 0 Å². The summed E-state index contributed by atoms with van der Waals surface area (Å²) in [5.74, 6) is -1.45. The lowest BCUT2D eigenvalue weighted by Gasteiger charge is -2.25. The van der Waals surface area contributed by atoms with E-state index in [4.69, 9.17) is 19.6 Å². The van der Waals surface area contributed by atoms with Gasteiger partial charge in [0.1, 0.15) is 18.2 Å². The molecule has 2 atom stereocenters. The van der Waals surface area contributed by atoms with Crippen molar-refractivity contribution in [3.8, 4) is 0 Å². The number of amides is 1. The first-order chi connectivity index (χ1) is 11.0. The molecule has 0 aromatic carbocycles. The molecule has 1 fully saturated rings. The van der Waals surface area contributed by atoms with Crippen molar-refractivity contribution in [3.05, 3.63) is 0 Å². The van der Waals surface area contributed by atoms with E-state index in [1.807, 2.05) is 0 Å². The Bertz CT molecular complexity index is 434. The zero-order chi connectivity index (χ0) is 17.2. The fourth-order valence-corrected chi connectivity index (χ4v) is 2.04. The van der Waals surface area contributed by atoms with Crippen LogP contribution in [0.1, 0.15) is 32.6 Å². The zero-order valence-corrected chi connectivity index (χ0v) is 13.5. The molecule has 0 spiro atoms. The van der Waals surface area contributed by atoms with Gasteiger partial charge in [-0.2, -0.15) is 0 Å². The van der Waals surface area contributed by atoms with E-state index in [9.17, 15) is 14.4 Å². The molecule has 1 aliphatic rings. The van der Waals surface area contributed by atoms with Gasteiger partial charge in [-0.3, -0.25) is 9.59 Å². The number of esters is 1. The minimum Gasteiger partial charge on any atom is -0.461 e. The summed E-state index contributed by atoms with van der Waals surface area (Å²) in [5.41, 5.74) is 0. The Morgan fingerprint density at radius 2 is 2.00 bits per heavy atom. The van der Waals surface area contributed by atoms with Crippen molar-refractivity contribution < 1.29 is 28.6 Å². The lowest BCUT2D eigenvalue weighted by Crippen LogP contribution is -2.47. The number of hydrogen-bond acceptors (Lipinski definition) is 7. The monoisotopic (exact) mass is 328 g/mol. The van der Waals surface area contributed by atoms with Crippen LogP contribution in [0, 0.1) is 5.41 Å². The van der Waals surface area contributed by atoms with Crippen molar-refractivity contribution in [3.63, 3.8) is 0 Å². The Balaban J connectivity index is 2.63. The van der Waals surface area contributed by atoms with Crippen LogP contribution in [-0.2, 0) is 28.6 Å². The molecule has 1 heterocycles. The van der Waals surface area contributed by atoms with Crippen LogP contribution in [0.2, 0.25) is 0 Å². The van der Waals surface area contributed by atoms with Gasteiger partial charge in [0.05, 0.1) is 19.4 Å². The summed E-state index contributed by atoms with van der Waals surface area (Å²) in [6, 6.07) is -0.938. The summed E-state index contributed by atoms with van der Waals surface area (Å²) < 4.78 is 15.5. The van der Waals surface area contributed by atoms with E-state index in [0.29, 0.717) is 32.3 Å². The predicted molar refractivity (Wildman–Crippen MR) is 81.4 cm³/mol. The number of nitrogens with one attached hydrogen (secondary N) is 2. The van der Waals surface area contributed by atoms with E-state index in [2.05, 4.69) is 5.32 Å². The minimum absolute atomic E-state index is 0.0152. The number of rotatable bonds is 9. The molecule has 0 aromatic heterocycles. The fourth-order valence-electron chi connectivity index (χ4n) is 2.04. The van der Waals surface area contributed by atoms with Gasteiger partial charge in [-0.1, -0.05) is 0 Å². The molecule has 0 saturated carbocycles. The number of hydrogen-bond donors (Lipinski definition) is 2. The number of ether oxygens (including phenoxy) is 3. The lowest BCUT2D eigenvalue weighted by molar-refractivity contribution is -0.157. The van der Waals surface area contributed by atoms with Crippen LogP contribution in [-0.4, -0.2) is 62.4 Å². The Labute approximate surface area is 135 Å². The van der Waals surface area contributed by atoms with Crippen LogP contribution in [0.5, 0.6) is 0 Å². The lowest BCUT2D eigenvalue weighted by atomic mass is 10.1. The summed E-state index contributed by atoms with van der Waals surface area (Å²) in [6.45, 7) is 2.61. The fraction of sp³-hybridized carbons (Fsp3) is 0.733. The number of methoxy groups -OCH3 is 1. The van der Waals surface area contributed by atoms with Crippen LogP contribution >= 0.6 is 0 Å². The third kappa shape index (κ3) is 6.87. The highest BCUT2D eigenvalue weighted by Gasteiger charge is 2.28. The number of Topliss-reactive ketones (excluding diaryl/α,β-unsaturated/α-hetero) is 1. The molecule has 2 N–H and O–H groups in total. The smallest absolute Gasteiger partial charge is 0.328 e. The molecule has 1 saturated heterocycles. The summed E-state index contributed by atoms with van der Waals surface area (Å²) in [6.07, 6.45) is 1.03. The van der Waals surface area contributed by atoms with E-state index in [1.54, 1.807) is 6.92 Å². The summed E-state index contributed by atoms with van der Waals surface area (Å²) >= 11 is 0. The summed E-state index contributed by atoms with van der Waals surface area (Å²) in [7, 11) is 1.39. The Morgan fingerprint density at radius 1 is 1.35 bits per heavy atom. The summed E-state index contributed by atoms with van der Waals surface area (Å²) in [4.78, 5) is 35.4. The average molecular weight is 328 g/mol. The maximum absolute atomic E-state index is 12.3. The van der Waals surface area contributed by atoms with Gasteiger partial charge < -0.3 is 24.9 Å². The average Bonchev–Trinajstić information content (AvgIpc) is 2.57. The van der Waals surface area contributed by atoms with Crippen LogP contribution in [0.25, 0.3) is 0 Å². The molecule has 23 heavy (non-hydrogen) atoms. The Morgan fingerprint density at radius 3 is 2.57 bits per heavy atom. The van der Waals surface area contributed by atoms with E-state index in [0.717, 1.165) is 0 Å². The van der Waals surface area contributed by atoms with Crippen molar-refractivity contribution in [1.82, 2.24) is 5.32 Å². The SMILES string of the molecule is CO[C@@H](C)C(=O)N[C@@H](CCC(=O)C=N)C(=O)OC1CCOCC1. The summed E-state index contributed by atoms with van der Waals surface area (Å²) in [5, 5.41) is 9.43. The molecule has 8 heteroatoms. The predicted octanol–water partition coefficient (Wildman–Crippen LogP) is 0.227. The largest absolute Gasteiger partial charge is 0.461 e. The van der Waals surface area contributed by atoms with Crippen LogP contribution in [0.4, 0.5) is 0 Å². The third-order valence-corrected chi connectivity index (χ3v) is 3.62. The standard InChI is InChI=1S/C15H24N2O6/c1-10(21-2)14(19)17-13(4-3-11(18)9-16)15(20)23-12-5-7-22-8-6-12/h9-10,12-13,16H,3-8H2,1-2H3,(H,17,19)/t10-,13-/m0/s1. The second-order valence-electron chi connectivity index (χ2n) is 5.34. The molecule has 130 valence electrons. The molecule has 1 amide bonds. The Kier molecular flexibility index (Phi) is 8.42. The van der Waals surface area contributed by atoms with Crippen molar-refractivity contribution in [1.29, 1.82) is 5.41 Å². The van der Waals surface area contributed by atoms with E-state index in [1.165, 1.54) is 7.11 Å². The molecule has 0 unspecified atom stereocenters. The van der Waals surface area contributed by atoms with Gasteiger partial charge in [-0.25, -0.2) is 4.79 Å². The zero-order valence-electron chi connectivity index (χ0n) is 13.5. The third-order valence-electron chi connectivity index (χ3n) is 3.62. The highest BCUT2D eigenvalue weighted by molar-refractivity contribution is 6.26. The molecular formula is C15H24N2O6. The topological polar surface area (TPSA) is 115 Å². The van der Waals surface area contributed by atoms with E-state index >= 15 is 0 Å². The van der Waals surface area contributed by atoms with Crippen molar-refractivity contribution >= 4 is 23.9 Å². The second kappa shape index (κ2) is 10.1. The van der Waals surface area contributed by atoms with Gasteiger partial charge in [0, 0.05) is 26.4 Å². The molecule has 0 aromatic rings. The second-order valence-corrected chi connectivity index (χ2v) is 5.34. The highest BCUT2D eigenvalue weighted by Crippen LogP contribution is 2.13. The van der Waals surface area contributed by atoms with Crippen LogP contribution < -0.4 is 5.32 Å². The van der Waals surface area contributed by atoms with Gasteiger partial charge in [0.2, 0.25) is 5.91 Å². The van der Waals surface area contributed by atoms with Gasteiger partial charge in [0.15, 0.2) is 5.78 Å². The van der Waals surface area contributed by atoms with E-state index < -0.39 is 29.8 Å². The van der Waals surface area contributed by atoms with Crippen LogP contribution in [0.15, 0.2) is 0 Å². The molecule has 0 bridgehead atoms. The molecule has 0 radical (unpaired) electrons. The molecule has 1 rings (SSSR count). The number of carbonyl (C=O) groups excluding carboxylic acids is 3. The van der Waals surface area contributed by atoms with Crippen molar-refractivity contribution in [2.75, 3.05) is 20.3 Å². The van der Waals surface area contributed by atoms with Crippen molar-refractivity contribution in [2.24, 2.45) is 0 Å². The maximum atomic E-state index is 12.3. The normalized spacial score (nSPS) is 17.8. The number of carbonyl (C=O) groups is 3. The first-order valence-electron chi connectivity index (χ1n) is 7.62. The molecular weight excluding hydrogens is 304 g/mol. The molecule has 1 aliphatic heterocycles. The van der Waals surface area contributed by atoms with Gasteiger partial charge in [-0.05, 0) is 13.3 Å². The quantitative estimate of drug-likeness (QED) is 0.462. The molecule has 8 nitrogen and oxygen atoms in total. The maximum Gasteiger partial charge on any atom is 0.328 e. The van der Waals surface area contributed by atoms with Gasteiger partial charge in [0.25, 0.3) is 0 Å². The highest BCUT2D eigenvalue weighted by atomic mass is 16.6. The minimum atomic E-state index is -0.938. The first-order valence-corrected chi connectivity index (χ1v) is 7.62.